The van der Waals surface area contributed by atoms with Gasteiger partial charge in [-0.3, -0.25) is 4.79 Å². The van der Waals surface area contributed by atoms with Gasteiger partial charge in [0.05, 0.1) is 0 Å². The Morgan fingerprint density at radius 2 is 1.92 bits per heavy atom. The minimum Gasteiger partial charge on any atom is -0.507 e. The normalized spacial score (nSPS) is 16.3. The van der Waals surface area contributed by atoms with E-state index in [0.717, 1.165) is 6.07 Å². The second-order valence-electron chi connectivity index (χ2n) is 5.24. The van der Waals surface area contributed by atoms with Crippen LogP contribution < -0.4 is 19.5 Å². The summed E-state index contributed by atoms with van der Waals surface area (Å²) in [4.78, 5) is 12.0. The molecule has 0 radical (unpaired) electrons. The van der Waals surface area contributed by atoms with Crippen LogP contribution >= 0.6 is 0 Å². The molecule has 3 rings (SSSR count). The maximum Gasteiger partial charge on any atom is 0.269 e. The highest BCUT2D eigenvalue weighted by Gasteiger charge is 2.27. The predicted octanol–water partition coefficient (Wildman–Crippen LogP) is 1.08. The molecule has 0 fully saturated rings. The fraction of sp³-hybridized carbons (Fsp3) is 0.188. The van der Waals surface area contributed by atoms with Crippen LogP contribution in [0.2, 0.25) is 0 Å². The minimum absolute atomic E-state index is 0.0304. The van der Waals surface area contributed by atoms with Crippen LogP contribution in [0.4, 0.5) is 5.69 Å². The van der Waals surface area contributed by atoms with Gasteiger partial charge >= 0.3 is 0 Å². The van der Waals surface area contributed by atoms with Gasteiger partial charge in [0.25, 0.3) is 5.91 Å². The molecule has 132 valence electrons. The van der Waals surface area contributed by atoms with E-state index in [2.05, 4.69) is 10.0 Å². The van der Waals surface area contributed by atoms with E-state index in [1.165, 1.54) is 19.2 Å². The van der Waals surface area contributed by atoms with E-state index in [1.54, 1.807) is 24.3 Å². The van der Waals surface area contributed by atoms with Crippen LogP contribution in [0.3, 0.4) is 0 Å². The Kier molecular flexibility index (Phi) is 4.51. The lowest BCUT2D eigenvalue weighted by Crippen LogP contribution is -2.40. The zero-order valence-corrected chi connectivity index (χ0v) is 14.0. The third-order valence-corrected chi connectivity index (χ3v) is 5.03. The molecule has 1 aliphatic heterocycles. The summed E-state index contributed by atoms with van der Waals surface area (Å²) in [6.45, 7) is 0.0304. The molecule has 3 N–H and O–H groups in total. The average molecular weight is 364 g/mol. The van der Waals surface area contributed by atoms with E-state index in [1.807, 2.05) is 0 Å². The maximum absolute atomic E-state index is 12.3. The van der Waals surface area contributed by atoms with Gasteiger partial charge in [0.15, 0.2) is 11.5 Å². The highest BCUT2D eigenvalue weighted by Crippen LogP contribution is 2.31. The number of phenolic OH excluding ortho intramolecular Hbond substituents is 1. The van der Waals surface area contributed by atoms with Gasteiger partial charge in [-0.2, -0.15) is 0 Å². The molecule has 2 aromatic carbocycles. The van der Waals surface area contributed by atoms with Gasteiger partial charge in [0.2, 0.25) is 16.1 Å². The van der Waals surface area contributed by atoms with Crippen molar-refractivity contribution in [3.8, 4) is 17.2 Å². The summed E-state index contributed by atoms with van der Waals surface area (Å²) in [5, 5.41) is 12.3. The number of sulfonamides is 1. The number of phenols is 1. The topological polar surface area (TPSA) is 114 Å². The van der Waals surface area contributed by atoms with Crippen LogP contribution in [0, 0.1) is 0 Å². The van der Waals surface area contributed by atoms with Gasteiger partial charge in [-0.25, -0.2) is 13.1 Å². The molecular formula is C16H16N2O6S. The van der Waals surface area contributed by atoms with E-state index in [-0.39, 0.29) is 17.2 Å². The number of benzene rings is 2. The van der Waals surface area contributed by atoms with Gasteiger partial charge in [-0.1, -0.05) is 12.1 Å². The first kappa shape index (κ1) is 17.1. The summed E-state index contributed by atoms with van der Waals surface area (Å²) in [6, 6.07) is 10.7. The number of nitrogens with one attached hydrogen (secondary N) is 2. The number of rotatable bonds is 4. The molecule has 2 aromatic rings. The Morgan fingerprint density at radius 3 is 2.64 bits per heavy atom. The largest absolute Gasteiger partial charge is 0.507 e. The van der Waals surface area contributed by atoms with E-state index in [9.17, 15) is 18.3 Å². The Bertz CT molecular complexity index is 913. The molecule has 1 heterocycles. The Balaban J connectivity index is 1.77. The molecule has 0 saturated heterocycles. The van der Waals surface area contributed by atoms with E-state index in [4.69, 9.17) is 9.47 Å². The van der Waals surface area contributed by atoms with Gasteiger partial charge in [0.1, 0.15) is 17.3 Å². The summed E-state index contributed by atoms with van der Waals surface area (Å²) in [7, 11) is -2.63. The number of amides is 1. The minimum atomic E-state index is -3.86. The standard InChI is InChI=1S/C16H16N2O6S/c1-17-25(21,22)15-8-10(6-7-11(15)19)18-16(20)14-9-23-12-4-2-3-5-13(12)24-14/h2-8,14,17,19H,9H2,1H3,(H,18,20)/t14-/m0/s1. The molecule has 0 unspecified atom stereocenters. The quantitative estimate of drug-likeness (QED) is 0.700. The van der Waals surface area contributed by atoms with Crippen LogP contribution in [-0.4, -0.2) is 39.2 Å². The molecule has 0 spiro atoms. The fourth-order valence-corrected chi connectivity index (χ4v) is 3.13. The number of anilines is 1. The predicted molar refractivity (Wildman–Crippen MR) is 89.3 cm³/mol. The molecule has 0 aliphatic carbocycles. The van der Waals surface area contributed by atoms with Crippen LogP contribution in [0.1, 0.15) is 0 Å². The number of carbonyl (C=O) groups excluding carboxylic acids is 1. The highest BCUT2D eigenvalue weighted by atomic mass is 32.2. The summed E-state index contributed by atoms with van der Waals surface area (Å²) in [5.74, 6) is 0.100. The molecule has 0 bridgehead atoms. The number of para-hydroxylation sites is 2. The van der Waals surface area contributed by atoms with Crippen molar-refractivity contribution in [3.63, 3.8) is 0 Å². The number of hydrogen-bond acceptors (Lipinski definition) is 6. The van der Waals surface area contributed by atoms with Gasteiger partial charge in [0, 0.05) is 5.69 Å². The number of aromatic hydroxyl groups is 1. The van der Waals surface area contributed by atoms with Crippen molar-refractivity contribution < 1.29 is 27.8 Å². The van der Waals surface area contributed by atoms with E-state index >= 15 is 0 Å². The lowest BCUT2D eigenvalue weighted by Gasteiger charge is -2.25. The Labute approximate surface area is 144 Å². The molecular weight excluding hydrogens is 348 g/mol. The molecule has 9 heteroatoms. The third-order valence-electron chi connectivity index (χ3n) is 3.59. The van der Waals surface area contributed by atoms with Crippen molar-refractivity contribution >= 4 is 21.6 Å². The number of ether oxygens (including phenoxy) is 2. The van der Waals surface area contributed by atoms with Crippen molar-refractivity contribution in [1.82, 2.24) is 4.72 Å². The second kappa shape index (κ2) is 6.61. The second-order valence-corrected chi connectivity index (χ2v) is 7.10. The van der Waals surface area contributed by atoms with Crippen LogP contribution in [-0.2, 0) is 14.8 Å². The highest BCUT2D eigenvalue weighted by molar-refractivity contribution is 7.89. The zero-order valence-electron chi connectivity index (χ0n) is 13.2. The van der Waals surface area contributed by atoms with Crippen molar-refractivity contribution in [3.05, 3.63) is 42.5 Å². The van der Waals surface area contributed by atoms with Crippen molar-refractivity contribution in [2.45, 2.75) is 11.0 Å². The first-order valence-corrected chi connectivity index (χ1v) is 8.85. The molecule has 1 atom stereocenters. The maximum atomic E-state index is 12.3. The molecule has 1 aliphatic rings. The van der Waals surface area contributed by atoms with Crippen LogP contribution in [0.5, 0.6) is 17.2 Å². The number of hydrogen-bond donors (Lipinski definition) is 3. The Hall–Kier alpha value is -2.78. The van der Waals surface area contributed by atoms with Gasteiger partial charge in [-0.15, -0.1) is 0 Å². The first-order chi connectivity index (χ1) is 11.9. The molecule has 0 aromatic heterocycles. The van der Waals surface area contributed by atoms with E-state index < -0.39 is 27.8 Å². The zero-order chi connectivity index (χ0) is 18.0. The monoisotopic (exact) mass is 364 g/mol. The van der Waals surface area contributed by atoms with Gasteiger partial charge < -0.3 is 19.9 Å². The molecule has 25 heavy (non-hydrogen) atoms. The van der Waals surface area contributed by atoms with Crippen molar-refractivity contribution in [2.24, 2.45) is 0 Å². The molecule has 0 saturated carbocycles. The Morgan fingerprint density at radius 1 is 1.20 bits per heavy atom. The first-order valence-electron chi connectivity index (χ1n) is 7.36. The lowest BCUT2D eigenvalue weighted by atomic mass is 10.2. The summed E-state index contributed by atoms with van der Waals surface area (Å²) in [6.07, 6.45) is -0.881. The number of carbonyl (C=O) groups is 1. The van der Waals surface area contributed by atoms with Crippen LogP contribution in [0.25, 0.3) is 0 Å². The summed E-state index contributed by atoms with van der Waals surface area (Å²) < 4.78 is 36.9. The lowest BCUT2D eigenvalue weighted by molar-refractivity contribution is -0.125. The average Bonchev–Trinajstić information content (AvgIpc) is 2.62. The molecule has 8 nitrogen and oxygen atoms in total. The summed E-state index contributed by atoms with van der Waals surface area (Å²) in [5.41, 5.74) is 0.207. The van der Waals surface area contributed by atoms with Crippen LogP contribution in [0.15, 0.2) is 47.4 Å². The number of fused-ring (bicyclic) bond motifs is 1. The third kappa shape index (κ3) is 3.52. The van der Waals surface area contributed by atoms with Crippen molar-refractivity contribution in [1.29, 1.82) is 0 Å². The smallest absolute Gasteiger partial charge is 0.269 e. The molecule has 1 amide bonds. The van der Waals surface area contributed by atoms with E-state index in [0.29, 0.717) is 11.5 Å². The fourth-order valence-electron chi connectivity index (χ4n) is 2.29. The van der Waals surface area contributed by atoms with Crippen molar-refractivity contribution in [2.75, 3.05) is 19.0 Å². The van der Waals surface area contributed by atoms with Gasteiger partial charge in [-0.05, 0) is 37.4 Å². The summed E-state index contributed by atoms with van der Waals surface area (Å²) >= 11 is 0. The SMILES string of the molecule is CNS(=O)(=O)c1cc(NC(=O)[C@@H]2COc3ccccc3O2)ccc1O.